The van der Waals surface area contributed by atoms with E-state index in [1.54, 1.807) is 24.3 Å². The summed E-state index contributed by atoms with van der Waals surface area (Å²) in [5.74, 6) is -1.80. The fourth-order valence-electron chi connectivity index (χ4n) is 3.76. The molecule has 0 spiro atoms. The number of nitrogens with zero attached hydrogens (tertiary/aromatic N) is 4. The second kappa shape index (κ2) is 7.76. The lowest BCUT2D eigenvalue weighted by Gasteiger charge is -2.31. The molecule has 0 saturated carbocycles. The molecule has 1 saturated heterocycles. The van der Waals surface area contributed by atoms with Crippen molar-refractivity contribution in [3.63, 3.8) is 0 Å². The topological polar surface area (TPSA) is 144 Å². The fraction of sp³-hybridized carbons (Fsp3) is 0.105. The van der Waals surface area contributed by atoms with Crippen molar-refractivity contribution in [2.24, 2.45) is 0 Å². The van der Waals surface area contributed by atoms with Crippen molar-refractivity contribution in [1.82, 2.24) is 8.61 Å². The van der Waals surface area contributed by atoms with Gasteiger partial charge in [0.1, 0.15) is 5.57 Å². The van der Waals surface area contributed by atoms with E-state index in [-0.39, 0.29) is 16.7 Å². The highest BCUT2D eigenvalue weighted by Crippen LogP contribution is 2.52. The number of nitro benzene ring substituents is 2. The van der Waals surface area contributed by atoms with Crippen molar-refractivity contribution < 1.29 is 24.2 Å². The van der Waals surface area contributed by atoms with Crippen LogP contribution in [0.4, 0.5) is 16.2 Å². The summed E-state index contributed by atoms with van der Waals surface area (Å²) in [6.07, 6.45) is 2.97. The second-order valence-electron chi connectivity index (χ2n) is 6.54. The smallest absolute Gasteiger partial charge is 0.267 e. The number of hydrogen-bond donors (Lipinski definition) is 0. The van der Waals surface area contributed by atoms with Crippen LogP contribution in [-0.4, -0.2) is 48.8 Å². The van der Waals surface area contributed by atoms with E-state index in [1.165, 1.54) is 12.5 Å². The molecule has 1 heterocycles. The molecular weight excluding hydrogens is 460 g/mol. The van der Waals surface area contributed by atoms with Gasteiger partial charge in [0.15, 0.2) is 0 Å². The van der Waals surface area contributed by atoms with Crippen molar-refractivity contribution >= 4 is 58.7 Å². The number of carbonyl (C=O) groups excluding carboxylic acids is 3. The zero-order valence-corrected chi connectivity index (χ0v) is 18.1. The van der Waals surface area contributed by atoms with E-state index in [0.29, 0.717) is 11.1 Å². The average Bonchev–Trinajstić information content (AvgIpc) is 3.08. The fourth-order valence-corrected chi connectivity index (χ4v) is 4.80. The average molecular weight is 472 g/mol. The monoisotopic (exact) mass is 472 g/mol. The Kier molecular flexibility index (Phi) is 5.22. The van der Waals surface area contributed by atoms with Crippen molar-refractivity contribution in [3.05, 3.63) is 73.3 Å². The highest BCUT2D eigenvalue weighted by molar-refractivity contribution is 7.98. The Balaban J connectivity index is 2.15. The van der Waals surface area contributed by atoms with Gasteiger partial charge in [-0.1, -0.05) is 24.3 Å². The molecule has 11 nitrogen and oxygen atoms in total. The number of nitro groups is 2. The van der Waals surface area contributed by atoms with Crippen LogP contribution in [-0.2, 0) is 9.59 Å². The van der Waals surface area contributed by atoms with Gasteiger partial charge in [0.2, 0.25) is 0 Å². The Hall–Kier alpha value is -3.71. The number of amides is 4. The first kappa shape index (κ1) is 21.5. The highest BCUT2D eigenvalue weighted by Gasteiger charge is 2.46. The van der Waals surface area contributed by atoms with E-state index in [9.17, 15) is 34.6 Å². The Morgan fingerprint density at radius 2 is 1.34 bits per heavy atom. The van der Waals surface area contributed by atoms with Crippen LogP contribution in [0.25, 0.3) is 16.7 Å². The van der Waals surface area contributed by atoms with Crippen LogP contribution in [0.15, 0.2) is 42.0 Å². The lowest BCUT2D eigenvalue weighted by molar-refractivity contribution is -0.393. The van der Waals surface area contributed by atoms with Gasteiger partial charge in [-0.05, 0) is 35.0 Å². The van der Waals surface area contributed by atoms with Crippen molar-refractivity contribution in [1.29, 1.82) is 0 Å². The number of imide groups is 2. The molecule has 0 aromatic heterocycles. The van der Waals surface area contributed by atoms with Crippen molar-refractivity contribution in [3.8, 4) is 11.1 Å². The predicted molar refractivity (Wildman–Crippen MR) is 117 cm³/mol. The van der Waals surface area contributed by atoms with Gasteiger partial charge in [-0.25, -0.2) is 4.79 Å². The molecule has 2 aliphatic rings. The maximum absolute atomic E-state index is 13.2. The summed E-state index contributed by atoms with van der Waals surface area (Å²) in [7, 11) is 0. The van der Waals surface area contributed by atoms with Gasteiger partial charge in [-0.3, -0.25) is 29.8 Å². The molecule has 2 aromatic carbocycles. The van der Waals surface area contributed by atoms with Crippen molar-refractivity contribution in [2.75, 3.05) is 12.5 Å². The van der Waals surface area contributed by atoms with E-state index in [2.05, 4.69) is 0 Å². The third kappa shape index (κ3) is 2.97. The lowest BCUT2D eigenvalue weighted by Crippen LogP contribution is -2.50. The molecule has 0 N–H and O–H groups in total. The van der Waals surface area contributed by atoms with Gasteiger partial charge in [0, 0.05) is 29.7 Å². The maximum Gasteiger partial charge on any atom is 0.354 e. The third-order valence-corrected chi connectivity index (χ3v) is 6.38. The first-order chi connectivity index (χ1) is 15.2. The molecule has 1 aliphatic heterocycles. The highest BCUT2D eigenvalue weighted by atomic mass is 32.2. The SMILES string of the molecule is CSN1C(=O)C(=C2c3ccccc3-c3c2cc([N+](=O)[O-])cc3[N+](=O)[O-])C(=O)N(SC)C1=O. The number of rotatable bonds is 4. The Labute approximate surface area is 188 Å². The van der Waals surface area contributed by atoms with Crippen LogP contribution in [0.5, 0.6) is 0 Å². The number of hydrogen-bond acceptors (Lipinski definition) is 9. The number of fused-ring (bicyclic) bond motifs is 3. The minimum absolute atomic E-state index is 0.0141. The van der Waals surface area contributed by atoms with Gasteiger partial charge in [-0.15, -0.1) is 0 Å². The lowest BCUT2D eigenvalue weighted by atomic mass is 9.95. The molecular formula is C19H12N4O7S2. The van der Waals surface area contributed by atoms with E-state index < -0.39 is 44.6 Å². The summed E-state index contributed by atoms with van der Waals surface area (Å²) in [4.78, 5) is 60.6. The number of non-ortho nitro benzene ring substituents is 1. The zero-order valence-electron chi connectivity index (χ0n) is 16.4. The van der Waals surface area contributed by atoms with Crippen LogP contribution < -0.4 is 0 Å². The second-order valence-corrected chi connectivity index (χ2v) is 8.00. The summed E-state index contributed by atoms with van der Waals surface area (Å²) in [5, 5.41) is 23.2. The predicted octanol–water partition coefficient (Wildman–Crippen LogP) is 3.63. The van der Waals surface area contributed by atoms with E-state index >= 15 is 0 Å². The number of urea groups is 1. The summed E-state index contributed by atoms with van der Waals surface area (Å²) in [6, 6.07) is 7.50. The molecule has 0 bridgehead atoms. The Morgan fingerprint density at radius 1 is 0.781 bits per heavy atom. The molecule has 13 heteroatoms. The molecule has 4 amide bonds. The van der Waals surface area contributed by atoms with Crippen LogP contribution >= 0.6 is 23.9 Å². The standard InChI is InChI=1S/C19H12N4O7S2/c1-31-20-17(24)16(18(25)21(32-2)19(20)26)15-11-6-4-3-5-10(11)14-12(15)7-9(22(27)28)8-13(14)23(29)30/h3-8H,1-2H3. The molecule has 0 unspecified atom stereocenters. The van der Waals surface area contributed by atoms with E-state index in [4.69, 9.17) is 0 Å². The van der Waals surface area contributed by atoms with Crippen LogP contribution in [0.2, 0.25) is 0 Å². The minimum atomic E-state index is -0.899. The van der Waals surface area contributed by atoms with Crippen LogP contribution in [0, 0.1) is 20.2 Å². The summed E-state index contributed by atoms with van der Waals surface area (Å²) >= 11 is 1.60. The molecule has 0 radical (unpaired) electrons. The van der Waals surface area contributed by atoms with Crippen LogP contribution in [0.3, 0.4) is 0 Å². The van der Waals surface area contributed by atoms with Gasteiger partial charge in [0.05, 0.1) is 21.5 Å². The Bertz CT molecular complexity index is 1260. The quantitative estimate of drug-likeness (QED) is 0.183. The summed E-state index contributed by atoms with van der Waals surface area (Å²) in [5.41, 5.74) is -0.682. The summed E-state index contributed by atoms with van der Waals surface area (Å²) in [6.45, 7) is 0. The first-order valence-corrected chi connectivity index (χ1v) is 11.2. The molecule has 1 fully saturated rings. The molecule has 0 atom stereocenters. The molecule has 162 valence electrons. The van der Waals surface area contributed by atoms with Gasteiger partial charge < -0.3 is 0 Å². The number of barbiturate groups is 1. The largest absolute Gasteiger partial charge is 0.354 e. The maximum atomic E-state index is 13.2. The van der Waals surface area contributed by atoms with Crippen molar-refractivity contribution in [2.45, 2.75) is 0 Å². The normalized spacial score (nSPS) is 15.2. The molecule has 32 heavy (non-hydrogen) atoms. The molecule has 1 aliphatic carbocycles. The number of carbonyl (C=O) groups is 3. The summed E-state index contributed by atoms with van der Waals surface area (Å²) < 4.78 is 1.60. The zero-order chi connectivity index (χ0) is 23.3. The number of benzene rings is 2. The first-order valence-electron chi connectivity index (χ1n) is 8.85. The van der Waals surface area contributed by atoms with Crippen LogP contribution in [0.1, 0.15) is 11.1 Å². The van der Waals surface area contributed by atoms with E-state index in [1.807, 2.05) is 0 Å². The minimum Gasteiger partial charge on any atom is -0.267 e. The van der Waals surface area contributed by atoms with Gasteiger partial charge in [-0.2, -0.15) is 8.61 Å². The van der Waals surface area contributed by atoms with E-state index in [0.717, 1.165) is 44.6 Å². The van der Waals surface area contributed by atoms with Gasteiger partial charge in [0.25, 0.3) is 23.2 Å². The molecule has 2 aromatic rings. The van der Waals surface area contributed by atoms with Gasteiger partial charge >= 0.3 is 6.03 Å². The Morgan fingerprint density at radius 3 is 1.84 bits per heavy atom. The third-order valence-electron chi connectivity index (χ3n) is 5.00. The molecule has 4 rings (SSSR count).